The summed E-state index contributed by atoms with van der Waals surface area (Å²) in [5, 5.41) is 12.0. The lowest BCUT2D eigenvalue weighted by Crippen LogP contribution is -2.41. The maximum atomic E-state index is 11.7. The first-order valence-electron chi connectivity index (χ1n) is 7.12. The molecular formula is C16H25NO3. The Morgan fingerprint density at radius 1 is 1.40 bits per heavy atom. The van der Waals surface area contributed by atoms with Gasteiger partial charge >= 0.3 is 0 Å². The highest BCUT2D eigenvalue weighted by Gasteiger charge is 2.14. The zero-order valence-electron chi connectivity index (χ0n) is 12.6. The Kier molecular flexibility index (Phi) is 7.09. The molecule has 1 rings (SSSR count). The number of nitrogens with one attached hydrogen (secondary N) is 1. The van der Waals surface area contributed by atoms with E-state index in [9.17, 15) is 4.79 Å². The van der Waals surface area contributed by atoms with Crippen molar-refractivity contribution in [1.82, 2.24) is 5.32 Å². The Balaban J connectivity index is 2.22. The van der Waals surface area contributed by atoms with Gasteiger partial charge in [-0.25, -0.2) is 0 Å². The van der Waals surface area contributed by atoms with Crippen LogP contribution >= 0.6 is 0 Å². The highest BCUT2D eigenvalue weighted by molar-refractivity contribution is 5.76. The number of benzene rings is 1. The average Bonchev–Trinajstić information content (AvgIpc) is 2.40. The van der Waals surface area contributed by atoms with Gasteiger partial charge in [-0.05, 0) is 37.0 Å². The monoisotopic (exact) mass is 279 g/mol. The lowest BCUT2D eigenvalue weighted by Gasteiger charge is -2.19. The minimum atomic E-state index is -0.166. The van der Waals surface area contributed by atoms with Crippen LogP contribution in [0.2, 0.25) is 0 Å². The van der Waals surface area contributed by atoms with Gasteiger partial charge in [0.05, 0.1) is 19.3 Å². The normalized spacial score (nSPS) is 12.2. The van der Waals surface area contributed by atoms with Gasteiger partial charge in [-0.1, -0.05) is 26.0 Å². The van der Waals surface area contributed by atoms with Gasteiger partial charge < -0.3 is 15.2 Å². The highest BCUT2D eigenvalue weighted by Crippen LogP contribution is 2.12. The molecule has 4 heteroatoms. The Morgan fingerprint density at radius 3 is 2.75 bits per heavy atom. The minimum Gasteiger partial charge on any atom is -0.494 e. The number of hydrogen-bond acceptors (Lipinski definition) is 3. The van der Waals surface area contributed by atoms with Crippen LogP contribution in [-0.2, 0) is 4.79 Å². The van der Waals surface area contributed by atoms with E-state index in [1.165, 1.54) is 0 Å². The number of amides is 1. The van der Waals surface area contributed by atoms with E-state index in [0.29, 0.717) is 19.4 Å². The summed E-state index contributed by atoms with van der Waals surface area (Å²) in [5.41, 5.74) is 1.16. The molecule has 0 spiro atoms. The molecule has 0 aromatic heterocycles. The molecular weight excluding hydrogens is 254 g/mol. The summed E-state index contributed by atoms with van der Waals surface area (Å²) in [7, 11) is 0. The number of aliphatic hydroxyl groups excluding tert-OH is 1. The predicted molar refractivity (Wildman–Crippen MR) is 79.8 cm³/mol. The predicted octanol–water partition coefficient (Wildman–Crippen LogP) is 2.29. The van der Waals surface area contributed by atoms with E-state index in [1.807, 2.05) is 45.0 Å². The third-order valence-corrected chi connectivity index (χ3v) is 3.15. The van der Waals surface area contributed by atoms with Crippen molar-refractivity contribution in [3.05, 3.63) is 29.8 Å². The third kappa shape index (κ3) is 6.06. The van der Waals surface area contributed by atoms with Crippen LogP contribution in [0.25, 0.3) is 0 Å². The molecule has 4 nitrogen and oxygen atoms in total. The highest BCUT2D eigenvalue weighted by atomic mass is 16.5. The fourth-order valence-electron chi connectivity index (χ4n) is 1.83. The Morgan fingerprint density at radius 2 is 2.15 bits per heavy atom. The van der Waals surface area contributed by atoms with Gasteiger partial charge in [0.25, 0.3) is 0 Å². The van der Waals surface area contributed by atoms with E-state index < -0.39 is 0 Å². The van der Waals surface area contributed by atoms with Crippen molar-refractivity contribution in [2.45, 2.75) is 39.7 Å². The molecule has 0 radical (unpaired) electrons. The molecule has 2 N–H and O–H groups in total. The van der Waals surface area contributed by atoms with Gasteiger partial charge in [-0.2, -0.15) is 0 Å². The summed E-state index contributed by atoms with van der Waals surface area (Å²) < 4.78 is 5.59. The summed E-state index contributed by atoms with van der Waals surface area (Å²) >= 11 is 0. The summed E-state index contributed by atoms with van der Waals surface area (Å²) in [6.07, 6.45) is 1.07. The van der Waals surface area contributed by atoms with Crippen molar-refractivity contribution in [3.63, 3.8) is 0 Å². The van der Waals surface area contributed by atoms with Crippen molar-refractivity contribution in [2.24, 2.45) is 5.92 Å². The molecule has 0 bridgehead atoms. The van der Waals surface area contributed by atoms with Crippen LogP contribution in [0.4, 0.5) is 0 Å². The van der Waals surface area contributed by atoms with Crippen LogP contribution in [0.5, 0.6) is 5.75 Å². The topological polar surface area (TPSA) is 58.6 Å². The summed E-state index contributed by atoms with van der Waals surface area (Å²) in [4.78, 5) is 11.7. The standard InChI is InChI=1S/C16H25NO3/c1-12(2)15(11-18)17-16(19)8-5-9-20-14-7-4-6-13(3)10-14/h4,6-7,10,12,15,18H,5,8-9,11H2,1-3H3,(H,17,19)/t15-/m1/s1. The molecule has 0 aliphatic heterocycles. The van der Waals surface area contributed by atoms with Crippen LogP contribution in [-0.4, -0.2) is 30.3 Å². The maximum Gasteiger partial charge on any atom is 0.220 e. The van der Waals surface area contributed by atoms with Crippen molar-refractivity contribution in [1.29, 1.82) is 0 Å². The fraction of sp³-hybridized carbons (Fsp3) is 0.562. The number of ether oxygens (including phenoxy) is 1. The first-order valence-corrected chi connectivity index (χ1v) is 7.12. The fourth-order valence-corrected chi connectivity index (χ4v) is 1.83. The maximum absolute atomic E-state index is 11.7. The largest absolute Gasteiger partial charge is 0.494 e. The number of carbonyl (C=O) groups is 1. The third-order valence-electron chi connectivity index (χ3n) is 3.15. The van der Waals surface area contributed by atoms with Crippen LogP contribution in [0.15, 0.2) is 24.3 Å². The smallest absolute Gasteiger partial charge is 0.220 e. The molecule has 0 aliphatic carbocycles. The molecule has 0 fully saturated rings. The van der Waals surface area contributed by atoms with E-state index in [4.69, 9.17) is 9.84 Å². The van der Waals surface area contributed by atoms with Crippen molar-refractivity contribution < 1.29 is 14.6 Å². The molecule has 1 aromatic carbocycles. The van der Waals surface area contributed by atoms with Gasteiger partial charge in [0.2, 0.25) is 5.91 Å². The second-order valence-electron chi connectivity index (χ2n) is 5.37. The molecule has 1 aromatic rings. The SMILES string of the molecule is Cc1cccc(OCCCC(=O)N[C@H](CO)C(C)C)c1. The van der Waals surface area contributed by atoms with Gasteiger partial charge in [0.15, 0.2) is 0 Å². The molecule has 0 unspecified atom stereocenters. The van der Waals surface area contributed by atoms with Crippen molar-refractivity contribution >= 4 is 5.91 Å². The lowest BCUT2D eigenvalue weighted by molar-refractivity contribution is -0.122. The Labute approximate surface area is 121 Å². The van der Waals surface area contributed by atoms with E-state index >= 15 is 0 Å². The van der Waals surface area contributed by atoms with Crippen LogP contribution in [0.3, 0.4) is 0 Å². The number of carbonyl (C=O) groups excluding carboxylic acids is 1. The summed E-state index contributed by atoms with van der Waals surface area (Å²) in [5.74, 6) is 1.03. The van der Waals surface area contributed by atoms with E-state index in [-0.39, 0.29) is 24.5 Å². The average molecular weight is 279 g/mol. The van der Waals surface area contributed by atoms with Gasteiger partial charge in [0, 0.05) is 6.42 Å². The van der Waals surface area contributed by atoms with Crippen LogP contribution < -0.4 is 10.1 Å². The minimum absolute atomic E-state index is 0.0246. The number of hydrogen-bond donors (Lipinski definition) is 2. The molecule has 0 heterocycles. The second kappa shape index (κ2) is 8.59. The molecule has 0 saturated carbocycles. The van der Waals surface area contributed by atoms with Crippen molar-refractivity contribution in [3.8, 4) is 5.75 Å². The van der Waals surface area contributed by atoms with Crippen LogP contribution in [0, 0.1) is 12.8 Å². The molecule has 20 heavy (non-hydrogen) atoms. The van der Waals surface area contributed by atoms with E-state index in [2.05, 4.69) is 5.32 Å². The molecule has 0 aliphatic rings. The first kappa shape index (κ1) is 16.5. The second-order valence-corrected chi connectivity index (χ2v) is 5.37. The van der Waals surface area contributed by atoms with Gasteiger partial charge in [-0.15, -0.1) is 0 Å². The first-order chi connectivity index (χ1) is 9.52. The molecule has 1 amide bonds. The Bertz CT molecular complexity index is 418. The number of aliphatic hydroxyl groups is 1. The van der Waals surface area contributed by atoms with Gasteiger partial charge in [-0.3, -0.25) is 4.79 Å². The zero-order chi connectivity index (χ0) is 15.0. The zero-order valence-corrected chi connectivity index (χ0v) is 12.6. The lowest BCUT2D eigenvalue weighted by atomic mass is 10.1. The summed E-state index contributed by atoms with van der Waals surface area (Å²) in [6.45, 7) is 6.46. The molecule has 1 atom stereocenters. The van der Waals surface area contributed by atoms with Gasteiger partial charge in [0.1, 0.15) is 5.75 Å². The quantitative estimate of drug-likeness (QED) is 0.718. The van der Waals surface area contributed by atoms with E-state index in [1.54, 1.807) is 0 Å². The van der Waals surface area contributed by atoms with Crippen LogP contribution in [0.1, 0.15) is 32.3 Å². The summed E-state index contributed by atoms with van der Waals surface area (Å²) in [6, 6.07) is 7.68. The Hall–Kier alpha value is -1.55. The number of aryl methyl sites for hydroxylation is 1. The molecule has 0 saturated heterocycles. The van der Waals surface area contributed by atoms with Crippen molar-refractivity contribution in [2.75, 3.05) is 13.2 Å². The molecule has 112 valence electrons. The number of rotatable bonds is 8. The van der Waals surface area contributed by atoms with E-state index in [0.717, 1.165) is 11.3 Å².